The zero-order valence-corrected chi connectivity index (χ0v) is 15.5. The zero-order valence-electron chi connectivity index (χ0n) is 15.5. The van der Waals surface area contributed by atoms with Gasteiger partial charge in [-0.3, -0.25) is 0 Å². The summed E-state index contributed by atoms with van der Waals surface area (Å²) in [4.78, 5) is 7.94. The molecule has 0 saturated heterocycles. The first-order valence-electron chi connectivity index (χ1n) is 9.37. The first-order chi connectivity index (χ1) is 13.8. The third-order valence-corrected chi connectivity index (χ3v) is 4.52. The summed E-state index contributed by atoms with van der Waals surface area (Å²) < 4.78 is 18.8. The Bertz CT molecular complexity index is 1010. The Morgan fingerprint density at radius 2 is 1.79 bits per heavy atom. The van der Waals surface area contributed by atoms with Gasteiger partial charge in [0.25, 0.3) is 0 Å². The summed E-state index contributed by atoms with van der Waals surface area (Å²) in [6.45, 7) is 2.01. The summed E-state index contributed by atoms with van der Waals surface area (Å²) in [6.07, 6.45) is 0.843. The summed E-state index contributed by atoms with van der Waals surface area (Å²) in [5.41, 5.74) is 4.17. The summed E-state index contributed by atoms with van der Waals surface area (Å²) in [5, 5.41) is 3.44. The lowest BCUT2D eigenvalue weighted by Gasteiger charge is -2.09. The third-order valence-electron chi connectivity index (χ3n) is 4.52. The Labute approximate surface area is 163 Å². The van der Waals surface area contributed by atoms with Crippen molar-refractivity contribution in [2.75, 3.05) is 6.54 Å². The van der Waals surface area contributed by atoms with Crippen LogP contribution in [0.5, 0.6) is 5.75 Å². The summed E-state index contributed by atoms with van der Waals surface area (Å²) >= 11 is 0. The van der Waals surface area contributed by atoms with E-state index in [1.165, 1.54) is 12.1 Å². The van der Waals surface area contributed by atoms with Crippen molar-refractivity contribution in [1.29, 1.82) is 0 Å². The number of rotatable bonds is 8. The third kappa shape index (κ3) is 4.75. The van der Waals surface area contributed by atoms with Crippen LogP contribution in [0.1, 0.15) is 17.0 Å². The molecule has 0 aliphatic carbocycles. The van der Waals surface area contributed by atoms with E-state index < -0.39 is 0 Å². The maximum atomic E-state index is 13.0. The second-order valence-electron chi connectivity index (χ2n) is 6.69. The van der Waals surface area contributed by atoms with Crippen LogP contribution in [-0.4, -0.2) is 16.5 Å². The quantitative estimate of drug-likeness (QED) is 0.442. The maximum Gasteiger partial charge on any atom is 0.123 e. The molecule has 0 amide bonds. The van der Waals surface area contributed by atoms with E-state index >= 15 is 0 Å². The van der Waals surface area contributed by atoms with E-state index in [9.17, 15) is 4.39 Å². The minimum atomic E-state index is -0.237. The number of imidazole rings is 1. The van der Waals surface area contributed by atoms with E-state index in [4.69, 9.17) is 4.74 Å². The number of aromatic nitrogens is 2. The molecule has 0 bridgehead atoms. The Morgan fingerprint density at radius 3 is 2.64 bits per heavy atom. The van der Waals surface area contributed by atoms with Gasteiger partial charge in [0.2, 0.25) is 0 Å². The molecule has 2 N–H and O–H groups in total. The van der Waals surface area contributed by atoms with Gasteiger partial charge in [0.1, 0.15) is 24.0 Å². The molecule has 0 radical (unpaired) electrons. The van der Waals surface area contributed by atoms with Gasteiger partial charge in [-0.2, -0.15) is 0 Å². The number of hydrogen-bond acceptors (Lipinski definition) is 3. The summed E-state index contributed by atoms with van der Waals surface area (Å²) in [6, 6.07) is 22.4. The van der Waals surface area contributed by atoms with Crippen LogP contribution in [0.4, 0.5) is 4.39 Å². The van der Waals surface area contributed by atoms with Gasteiger partial charge < -0.3 is 15.0 Å². The second kappa shape index (κ2) is 8.67. The number of nitrogens with one attached hydrogen (secondary N) is 2. The van der Waals surface area contributed by atoms with Crippen molar-refractivity contribution in [3.05, 3.63) is 95.6 Å². The Hall–Kier alpha value is -3.18. The number of benzene rings is 3. The van der Waals surface area contributed by atoms with E-state index in [-0.39, 0.29) is 5.82 Å². The standard InChI is InChI=1S/C23H22FN3O/c24-19-10-8-17(9-11-19)16-28-20-5-3-4-18(14-20)15-25-13-12-23-26-21-6-1-2-7-22(21)27-23/h1-11,14,25H,12-13,15-16H2,(H,26,27). The summed E-state index contributed by atoms with van der Waals surface area (Å²) in [7, 11) is 0. The highest BCUT2D eigenvalue weighted by molar-refractivity contribution is 5.74. The first kappa shape index (κ1) is 18.2. The van der Waals surface area contributed by atoms with Gasteiger partial charge in [0, 0.05) is 19.5 Å². The molecule has 5 heteroatoms. The normalized spacial score (nSPS) is 11.0. The minimum Gasteiger partial charge on any atom is -0.489 e. The van der Waals surface area contributed by atoms with E-state index in [1.54, 1.807) is 12.1 Å². The largest absolute Gasteiger partial charge is 0.489 e. The molecule has 0 unspecified atom stereocenters. The first-order valence-corrected chi connectivity index (χ1v) is 9.37. The smallest absolute Gasteiger partial charge is 0.123 e. The topological polar surface area (TPSA) is 49.9 Å². The summed E-state index contributed by atoms with van der Waals surface area (Å²) in [5.74, 6) is 1.56. The van der Waals surface area contributed by atoms with Crippen molar-refractivity contribution < 1.29 is 9.13 Å². The minimum absolute atomic E-state index is 0.237. The van der Waals surface area contributed by atoms with Gasteiger partial charge >= 0.3 is 0 Å². The molecule has 0 aliphatic heterocycles. The molecule has 4 aromatic rings. The van der Waals surface area contributed by atoms with Gasteiger partial charge in [-0.15, -0.1) is 0 Å². The second-order valence-corrected chi connectivity index (χ2v) is 6.69. The Kier molecular flexibility index (Phi) is 5.64. The predicted octanol–water partition coefficient (Wildman–Crippen LogP) is 4.61. The average molecular weight is 375 g/mol. The lowest BCUT2D eigenvalue weighted by Crippen LogP contribution is -2.17. The van der Waals surface area contributed by atoms with Crippen molar-refractivity contribution in [2.24, 2.45) is 0 Å². The highest BCUT2D eigenvalue weighted by atomic mass is 19.1. The van der Waals surface area contributed by atoms with Crippen molar-refractivity contribution >= 4 is 11.0 Å². The number of halogens is 1. The molecule has 3 aromatic carbocycles. The van der Waals surface area contributed by atoms with Crippen LogP contribution >= 0.6 is 0 Å². The van der Waals surface area contributed by atoms with E-state index in [2.05, 4.69) is 21.4 Å². The van der Waals surface area contributed by atoms with Crippen molar-refractivity contribution in [3.63, 3.8) is 0 Å². The van der Waals surface area contributed by atoms with Crippen molar-refractivity contribution in [2.45, 2.75) is 19.6 Å². The fraction of sp³-hybridized carbons (Fsp3) is 0.174. The number of aromatic amines is 1. The monoisotopic (exact) mass is 375 g/mol. The van der Waals surface area contributed by atoms with E-state index in [1.807, 2.05) is 42.5 Å². The number of hydrogen-bond donors (Lipinski definition) is 2. The lowest BCUT2D eigenvalue weighted by atomic mass is 10.2. The molecular weight excluding hydrogens is 353 g/mol. The van der Waals surface area contributed by atoms with Crippen LogP contribution < -0.4 is 10.1 Å². The van der Waals surface area contributed by atoms with E-state index in [0.717, 1.165) is 53.2 Å². The lowest BCUT2D eigenvalue weighted by molar-refractivity contribution is 0.305. The molecule has 142 valence electrons. The predicted molar refractivity (Wildman–Crippen MR) is 109 cm³/mol. The average Bonchev–Trinajstić information content (AvgIpc) is 3.14. The van der Waals surface area contributed by atoms with E-state index in [0.29, 0.717) is 6.61 Å². The Morgan fingerprint density at radius 1 is 0.929 bits per heavy atom. The van der Waals surface area contributed by atoms with Crippen LogP contribution in [-0.2, 0) is 19.6 Å². The zero-order chi connectivity index (χ0) is 19.2. The molecule has 0 saturated carbocycles. The fourth-order valence-electron chi connectivity index (χ4n) is 3.06. The molecule has 28 heavy (non-hydrogen) atoms. The molecule has 0 spiro atoms. The molecule has 0 atom stereocenters. The van der Waals surface area contributed by atoms with Crippen LogP contribution in [0.2, 0.25) is 0 Å². The molecule has 1 aromatic heterocycles. The molecular formula is C23H22FN3O. The maximum absolute atomic E-state index is 13.0. The van der Waals surface area contributed by atoms with Gasteiger partial charge in [-0.05, 0) is 47.5 Å². The van der Waals surface area contributed by atoms with Crippen molar-refractivity contribution in [1.82, 2.24) is 15.3 Å². The highest BCUT2D eigenvalue weighted by Crippen LogP contribution is 2.16. The molecule has 0 fully saturated rings. The Balaban J connectivity index is 1.25. The van der Waals surface area contributed by atoms with Crippen molar-refractivity contribution in [3.8, 4) is 5.75 Å². The fourth-order valence-corrected chi connectivity index (χ4v) is 3.06. The van der Waals surface area contributed by atoms with Gasteiger partial charge in [-0.25, -0.2) is 9.37 Å². The number of ether oxygens (including phenoxy) is 1. The molecule has 4 nitrogen and oxygen atoms in total. The van der Waals surface area contributed by atoms with Gasteiger partial charge in [-0.1, -0.05) is 36.4 Å². The van der Waals surface area contributed by atoms with Crippen LogP contribution in [0.25, 0.3) is 11.0 Å². The van der Waals surface area contributed by atoms with Crippen LogP contribution in [0.15, 0.2) is 72.8 Å². The number of nitrogens with zero attached hydrogens (tertiary/aromatic N) is 1. The number of fused-ring (bicyclic) bond motifs is 1. The van der Waals surface area contributed by atoms with Gasteiger partial charge in [0.15, 0.2) is 0 Å². The number of para-hydroxylation sites is 2. The molecule has 4 rings (SSSR count). The molecule has 0 aliphatic rings. The van der Waals surface area contributed by atoms with Crippen LogP contribution in [0.3, 0.4) is 0 Å². The number of H-pyrrole nitrogens is 1. The van der Waals surface area contributed by atoms with Gasteiger partial charge in [0.05, 0.1) is 11.0 Å². The highest BCUT2D eigenvalue weighted by Gasteiger charge is 2.02. The van der Waals surface area contributed by atoms with Crippen LogP contribution in [0, 0.1) is 5.82 Å². The molecule has 1 heterocycles. The SMILES string of the molecule is Fc1ccc(COc2cccc(CNCCc3nc4ccccc4[nH]3)c2)cc1.